The summed E-state index contributed by atoms with van der Waals surface area (Å²) in [6.07, 6.45) is 1.47. The van der Waals surface area contributed by atoms with Gasteiger partial charge in [0.25, 0.3) is 11.8 Å². The third-order valence-corrected chi connectivity index (χ3v) is 7.44. The normalized spacial score (nSPS) is 17.0. The van der Waals surface area contributed by atoms with Gasteiger partial charge in [0, 0.05) is 25.3 Å². The number of hydrogen-bond acceptors (Lipinski definition) is 6. The van der Waals surface area contributed by atoms with Crippen LogP contribution in [0.25, 0.3) is 0 Å². The third kappa shape index (κ3) is 6.84. The Labute approximate surface area is 212 Å². The fraction of sp³-hybridized carbons (Fsp3) is 0.227. The van der Waals surface area contributed by atoms with E-state index in [1.165, 1.54) is 16.8 Å². The van der Waals surface area contributed by atoms with E-state index in [1.807, 2.05) is 0 Å². The molecule has 35 heavy (non-hydrogen) atoms. The summed E-state index contributed by atoms with van der Waals surface area (Å²) in [5.74, 6) is -1.13. The number of piperidine rings is 1. The lowest BCUT2D eigenvalue weighted by atomic mass is 10.1. The second-order valence-corrected chi connectivity index (χ2v) is 10.2. The molecule has 0 bridgehead atoms. The summed E-state index contributed by atoms with van der Waals surface area (Å²) in [5.41, 5.74) is 5.28. The maximum atomic E-state index is 12.6. The molecule has 1 saturated heterocycles. The lowest BCUT2D eigenvalue weighted by molar-refractivity contribution is -0.118. The largest absolute Gasteiger partial charge is 0.458 e. The van der Waals surface area contributed by atoms with Crippen molar-refractivity contribution in [2.24, 2.45) is 5.73 Å². The molecule has 0 saturated carbocycles. The van der Waals surface area contributed by atoms with Crippen LogP contribution in [-0.4, -0.2) is 46.7 Å². The Morgan fingerprint density at radius 2 is 1.71 bits per heavy atom. The molecular weight excluding hydrogens is 516 g/mol. The van der Waals surface area contributed by atoms with Crippen LogP contribution >= 0.6 is 30.9 Å². The Hall–Kier alpha value is -2.88. The average molecular weight is 540 g/mol. The summed E-state index contributed by atoms with van der Waals surface area (Å²) in [5, 5.41) is 12.9. The molecule has 1 aliphatic heterocycles. The number of carbonyl (C=O) groups excluding carboxylic acids is 2. The van der Waals surface area contributed by atoms with Crippen LogP contribution in [-0.2, 0) is 9.36 Å². The Bertz CT molecular complexity index is 1170. The molecule has 1 atom stereocenters. The standard InChI is InChI=1S/C22H24Cl2N5O5P/c23-16-7-4-8-17(24)19(16)21(30)28-18(13-25)20(26)22(31)27-14-9-11-29(12-10-14)35(32,33)34-15-5-2-1-3-6-15/h1-8,13-14,25H,9-12,26H2,(H,27,31)(H,28,30)(H,32,33). The van der Waals surface area contributed by atoms with E-state index in [0.717, 1.165) is 6.21 Å². The molecule has 1 heterocycles. The predicted molar refractivity (Wildman–Crippen MR) is 134 cm³/mol. The minimum Gasteiger partial charge on any atom is -0.413 e. The van der Waals surface area contributed by atoms with Gasteiger partial charge in [0.15, 0.2) is 0 Å². The molecule has 0 aromatic heterocycles. The molecule has 0 spiro atoms. The van der Waals surface area contributed by atoms with Crippen molar-refractivity contribution in [1.29, 1.82) is 5.41 Å². The van der Waals surface area contributed by atoms with Crippen LogP contribution in [0.2, 0.25) is 10.0 Å². The van der Waals surface area contributed by atoms with Gasteiger partial charge in [-0.3, -0.25) is 9.59 Å². The Morgan fingerprint density at radius 3 is 2.29 bits per heavy atom. The molecule has 1 fully saturated rings. The Kier molecular flexibility index (Phi) is 8.93. The lowest BCUT2D eigenvalue weighted by Crippen LogP contribution is -2.46. The van der Waals surface area contributed by atoms with Gasteiger partial charge in [0.2, 0.25) is 0 Å². The number of allylic oxidation sites excluding steroid dienone is 1. The molecule has 13 heteroatoms. The maximum Gasteiger partial charge on any atom is 0.458 e. The number of nitrogens with zero attached hydrogens (tertiary/aromatic N) is 1. The highest BCUT2D eigenvalue weighted by Crippen LogP contribution is 2.47. The van der Waals surface area contributed by atoms with Gasteiger partial charge >= 0.3 is 7.75 Å². The van der Waals surface area contributed by atoms with E-state index in [4.69, 9.17) is 38.9 Å². The zero-order valence-corrected chi connectivity index (χ0v) is 20.8. The van der Waals surface area contributed by atoms with Gasteiger partial charge in [0.1, 0.15) is 11.4 Å². The average Bonchev–Trinajstić information content (AvgIpc) is 2.82. The highest BCUT2D eigenvalue weighted by Gasteiger charge is 2.35. The maximum absolute atomic E-state index is 12.6. The van der Waals surface area contributed by atoms with Gasteiger partial charge in [-0.25, -0.2) is 4.57 Å². The van der Waals surface area contributed by atoms with Gasteiger partial charge in [-0.1, -0.05) is 47.5 Å². The summed E-state index contributed by atoms with van der Waals surface area (Å²) in [7, 11) is -4.06. The first-order valence-electron chi connectivity index (χ1n) is 10.5. The van der Waals surface area contributed by atoms with Crippen LogP contribution in [0.5, 0.6) is 5.75 Å². The van der Waals surface area contributed by atoms with Crippen molar-refractivity contribution in [2.75, 3.05) is 13.1 Å². The van der Waals surface area contributed by atoms with Crippen LogP contribution in [0.15, 0.2) is 59.9 Å². The van der Waals surface area contributed by atoms with Crippen LogP contribution < -0.4 is 20.9 Å². The van der Waals surface area contributed by atoms with E-state index in [1.54, 1.807) is 36.4 Å². The summed E-state index contributed by atoms with van der Waals surface area (Å²) in [4.78, 5) is 35.5. The SMILES string of the molecule is N=CC(NC(=O)c1c(Cl)cccc1Cl)=C(N)C(=O)NC1CCN(P(=O)(O)Oc2ccccc2)CC1. The number of rotatable bonds is 8. The van der Waals surface area contributed by atoms with Crippen LogP contribution in [0.1, 0.15) is 23.2 Å². The topological polar surface area (TPSA) is 158 Å². The Balaban J connectivity index is 1.59. The van der Waals surface area contributed by atoms with Crippen LogP contribution in [0, 0.1) is 5.41 Å². The third-order valence-electron chi connectivity index (χ3n) is 5.25. The highest BCUT2D eigenvalue weighted by atomic mass is 35.5. The molecular formula is C22H24Cl2N5O5P. The smallest absolute Gasteiger partial charge is 0.413 e. The molecule has 6 N–H and O–H groups in total. The summed E-state index contributed by atoms with van der Waals surface area (Å²) in [6, 6.07) is 12.5. The highest BCUT2D eigenvalue weighted by molar-refractivity contribution is 7.50. The van der Waals surface area contributed by atoms with E-state index in [9.17, 15) is 19.0 Å². The van der Waals surface area contributed by atoms with E-state index in [-0.39, 0.29) is 51.9 Å². The molecule has 2 aromatic rings. The van der Waals surface area contributed by atoms with Crippen molar-refractivity contribution in [1.82, 2.24) is 15.3 Å². The molecule has 2 aromatic carbocycles. The van der Waals surface area contributed by atoms with Gasteiger partial charge < -0.3 is 31.2 Å². The van der Waals surface area contributed by atoms with Gasteiger partial charge in [0.05, 0.1) is 21.3 Å². The first-order chi connectivity index (χ1) is 16.6. The molecule has 3 rings (SSSR count). The van der Waals surface area contributed by atoms with Gasteiger partial charge in [-0.05, 0) is 37.1 Å². The second kappa shape index (κ2) is 11.7. The molecule has 186 valence electrons. The molecule has 2 amide bonds. The minimum atomic E-state index is -4.06. The van der Waals surface area contributed by atoms with Crippen molar-refractivity contribution in [3.63, 3.8) is 0 Å². The van der Waals surface area contributed by atoms with E-state index < -0.39 is 19.6 Å². The minimum absolute atomic E-state index is 0.0121. The fourth-order valence-electron chi connectivity index (χ4n) is 3.41. The van der Waals surface area contributed by atoms with Crippen LogP contribution in [0.4, 0.5) is 0 Å². The molecule has 10 nitrogen and oxygen atoms in total. The monoisotopic (exact) mass is 539 g/mol. The zero-order chi connectivity index (χ0) is 25.6. The van der Waals surface area contributed by atoms with Crippen LogP contribution in [0.3, 0.4) is 0 Å². The van der Waals surface area contributed by atoms with E-state index >= 15 is 0 Å². The number of nitrogens with two attached hydrogens (primary N) is 1. The molecule has 0 radical (unpaired) electrons. The van der Waals surface area contributed by atoms with E-state index in [0.29, 0.717) is 12.8 Å². The van der Waals surface area contributed by atoms with Crippen molar-refractivity contribution in [3.05, 3.63) is 75.5 Å². The second-order valence-electron chi connectivity index (χ2n) is 7.62. The fourth-order valence-corrected chi connectivity index (χ4v) is 5.22. The molecule has 1 unspecified atom stereocenters. The van der Waals surface area contributed by atoms with Gasteiger partial charge in [-0.15, -0.1) is 0 Å². The van der Waals surface area contributed by atoms with Crippen molar-refractivity contribution < 1.29 is 23.6 Å². The quantitative estimate of drug-likeness (QED) is 0.195. The number of nitrogens with one attached hydrogen (secondary N) is 3. The van der Waals surface area contributed by atoms with Crippen molar-refractivity contribution >= 4 is 49.0 Å². The van der Waals surface area contributed by atoms with Crippen molar-refractivity contribution in [3.8, 4) is 5.75 Å². The summed E-state index contributed by atoms with van der Waals surface area (Å²) >= 11 is 12.1. The zero-order valence-electron chi connectivity index (χ0n) is 18.4. The summed E-state index contributed by atoms with van der Waals surface area (Å²) in [6.45, 7) is 0.405. The summed E-state index contributed by atoms with van der Waals surface area (Å²) < 4.78 is 19.2. The first kappa shape index (κ1) is 26.7. The predicted octanol–water partition coefficient (Wildman–Crippen LogP) is 3.30. The number of halogens is 2. The number of carbonyl (C=O) groups is 2. The Morgan fingerprint density at radius 1 is 1.11 bits per heavy atom. The number of hydrogen-bond donors (Lipinski definition) is 5. The number of para-hydroxylation sites is 1. The first-order valence-corrected chi connectivity index (χ1v) is 12.8. The van der Waals surface area contributed by atoms with Crippen molar-refractivity contribution in [2.45, 2.75) is 18.9 Å². The van der Waals surface area contributed by atoms with E-state index in [2.05, 4.69) is 10.6 Å². The molecule has 1 aliphatic rings. The molecule has 0 aliphatic carbocycles. The lowest BCUT2D eigenvalue weighted by Gasteiger charge is -2.33. The van der Waals surface area contributed by atoms with Gasteiger partial charge in [-0.2, -0.15) is 4.67 Å². The number of benzene rings is 2. The number of amides is 2.